The Kier molecular flexibility index (Phi) is 4.31. The quantitative estimate of drug-likeness (QED) is 0.186. The topological polar surface area (TPSA) is 6.48 Å². The van der Waals surface area contributed by atoms with Crippen LogP contribution in [0.5, 0.6) is 0 Å². The lowest BCUT2D eigenvalue weighted by atomic mass is 9.76. The van der Waals surface area contributed by atoms with Gasteiger partial charge >= 0.3 is 0 Å². The molecule has 0 saturated heterocycles. The third-order valence-corrected chi connectivity index (χ3v) is 10.7. The number of anilines is 2. The van der Waals surface area contributed by atoms with Crippen molar-refractivity contribution in [2.75, 3.05) is 9.80 Å². The Morgan fingerprint density at radius 1 is 0.409 bits per heavy atom. The smallest absolute Gasteiger partial charge is 0.0857 e. The molecule has 0 fully saturated rings. The van der Waals surface area contributed by atoms with E-state index in [4.69, 9.17) is 0 Å². The Bertz CT molecular complexity index is 2100. The van der Waals surface area contributed by atoms with E-state index in [9.17, 15) is 0 Å². The molecule has 0 radical (unpaired) electrons. The second-order valence-electron chi connectivity index (χ2n) is 12.7. The fraction of sp³-hybridized carbons (Fsp3) is 0.0952. The standard InChI is InChI=1S/C42H28N2/c1-5-15-31-25(11-1)29-19-9-21-37(29)43-39-23-36-28-14-4-8-18-34(28)42-32-16-6-2-12-26(32)30-20-10-22-38(30)44(42)40(36)24-35(39)27-13-3-7-17-33(27)41(31)43/h1-18,21-24,41-42H,19-20H2. The van der Waals surface area contributed by atoms with E-state index in [2.05, 4.69) is 143 Å². The number of benzene rings is 5. The Balaban J connectivity index is 1.24. The van der Waals surface area contributed by atoms with Gasteiger partial charge in [-0.15, -0.1) is 0 Å². The Morgan fingerprint density at radius 3 is 1.20 bits per heavy atom. The lowest BCUT2D eigenvalue weighted by Gasteiger charge is -2.48. The number of hydrogen-bond donors (Lipinski definition) is 0. The van der Waals surface area contributed by atoms with Crippen molar-refractivity contribution in [3.8, 4) is 22.3 Å². The molecule has 2 atom stereocenters. The van der Waals surface area contributed by atoms with E-state index in [0.717, 1.165) is 12.8 Å². The van der Waals surface area contributed by atoms with Gasteiger partial charge in [0.15, 0.2) is 0 Å². The molecule has 2 unspecified atom stereocenters. The van der Waals surface area contributed by atoms with Crippen molar-refractivity contribution in [2.24, 2.45) is 0 Å². The molecule has 44 heavy (non-hydrogen) atoms. The minimum absolute atomic E-state index is 0.148. The van der Waals surface area contributed by atoms with E-state index in [0.29, 0.717) is 0 Å². The molecule has 2 aliphatic carbocycles. The minimum Gasteiger partial charge on any atom is -0.329 e. The predicted octanol–water partition coefficient (Wildman–Crippen LogP) is 10.2. The molecule has 0 spiro atoms. The molecule has 4 aliphatic heterocycles. The van der Waals surface area contributed by atoms with Crippen molar-refractivity contribution in [3.05, 3.63) is 178 Å². The summed E-state index contributed by atoms with van der Waals surface area (Å²) < 4.78 is 0. The summed E-state index contributed by atoms with van der Waals surface area (Å²) in [6, 6.07) is 41.7. The lowest BCUT2D eigenvalue weighted by molar-refractivity contribution is 0.762. The van der Waals surface area contributed by atoms with Crippen molar-refractivity contribution in [2.45, 2.75) is 24.9 Å². The van der Waals surface area contributed by atoms with Gasteiger partial charge in [0.05, 0.1) is 23.5 Å². The summed E-state index contributed by atoms with van der Waals surface area (Å²) in [5.41, 5.74) is 21.9. The van der Waals surface area contributed by atoms with Crippen LogP contribution in [-0.2, 0) is 0 Å². The van der Waals surface area contributed by atoms with Gasteiger partial charge in [0.2, 0.25) is 0 Å². The molecule has 6 aliphatic rings. The van der Waals surface area contributed by atoms with Crippen molar-refractivity contribution < 1.29 is 0 Å². The number of fused-ring (bicyclic) bond motifs is 20. The highest BCUT2D eigenvalue weighted by Crippen LogP contribution is 2.60. The maximum atomic E-state index is 2.65. The molecule has 0 aromatic heterocycles. The maximum Gasteiger partial charge on any atom is 0.0857 e. The first kappa shape index (κ1) is 23.2. The van der Waals surface area contributed by atoms with Crippen LogP contribution in [-0.4, -0.2) is 0 Å². The first-order chi connectivity index (χ1) is 21.9. The van der Waals surface area contributed by atoms with Gasteiger partial charge in [-0.3, -0.25) is 0 Å². The van der Waals surface area contributed by atoms with E-state index >= 15 is 0 Å². The van der Waals surface area contributed by atoms with E-state index in [1.165, 1.54) is 89.5 Å². The number of nitrogens with zero attached hydrogens (tertiary/aromatic N) is 2. The Hall–Kier alpha value is -5.34. The lowest BCUT2D eigenvalue weighted by Crippen LogP contribution is -2.37. The van der Waals surface area contributed by atoms with Crippen LogP contribution in [0.15, 0.2) is 145 Å². The van der Waals surface area contributed by atoms with Gasteiger partial charge in [0.1, 0.15) is 0 Å². The Labute approximate surface area is 257 Å². The molecule has 5 aromatic rings. The zero-order valence-corrected chi connectivity index (χ0v) is 24.2. The second kappa shape index (κ2) is 8.18. The summed E-state index contributed by atoms with van der Waals surface area (Å²) in [6.45, 7) is 0. The average Bonchev–Trinajstić information content (AvgIpc) is 3.78. The fourth-order valence-electron chi connectivity index (χ4n) is 9.03. The third-order valence-electron chi connectivity index (χ3n) is 10.7. The highest BCUT2D eigenvalue weighted by atomic mass is 15.2. The maximum absolute atomic E-state index is 2.65. The minimum atomic E-state index is 0.148. The summed E-state index contributed by atoms with van der Waals surface area (Å²) in [4.78, 5) is 5.30. The highest BCUT2D eigenvalue weighted by Gasteiger charge is 2.44. The van der Waals surface area contributed by atoms with Crippen LogP contribution in [0.1, 0.15) is 58.3 Å². The molecular formula is C42H28N2. The average molecular weight is 561 g/mol. The normalized spacial score (nSPS) is 20.5. The van der Waals surface area contributed by atoms with Gasteiger partial charge in [0.25, 0.3) is 0 Å². The molecule has 2 nitrogen and oxygen atoms in total. The molecule has 4 heterocycles. The SMILES string of the molecule is C1=CC2=C(C1)c1ccccc1C1c3ccccc3-c3cc4c(cc3N21)-c1ccccc1C1c2ccccc2C2=C(C=CC2)N41. The van der Waals surface area contributed by atoms with Crippen LogP contribution >= 0.6 is 0 Å². The number of hydrogen-bond acceptors (Lipinski definition) is 2. The summed E-state index contributed by atoms with van der Waals surface area (Å²) in [6.07, 6.45) is 11.4. The van der Waals surface area contributed by atoms with E-state index < -0.39 is 0 Å². The van der Waals surface area contributed by atoms with Crippen LogP contribution in [0.4, 0.5) is 11.4 Å². The van der Waals surface area contributed by atoms with Crippen LogP contribution in [0.3, 0.4) is 0 Å². The Morgan fingerprint density at radius 2 is 0.773 bits per heavy atom. The number of rotatable bonds is 0. The molecule has 11 rings (SSSR count). The van der Waals surface area contributed by atoms with Gasteiger partial charge in [-0.1, -0.05) is 109 Å². The van der Waals surface area contributed by atoms with Gasteiger partial charge in [-0.05, 0) is 92.8 Å². The summed E-state index contributed by atoms with van der Waals surface area (Å²) in [7, 11) is 0. The van der Waals surface area contributed by atoms with Crippen molar-refractivity contribution >= 4 is 22.5 Å². The molecule has 0 amide bonds. The molecule has 2 heteroatoms. The third kappa shape index (κ3) is 2.73. The van der Waals surface area contributed by atoms with Gasteiger partial charge in [-0.25, -0.2) is 0 Å². The number of allylic oxidation sites excluding steroid dienone is 6. The van der Waals surface area contributed by atoms with Crippen molar-refractivity contribution in [1.29, 1.82) is 0 Å². The van der Waals surface area contributed by atoms with Crippen LogP contribution in [0, 0.1) is 0 Å². The van der Waals surface area contributed by atoms with E-state index in [1.807, 2.05) is 0 Å². The van der Waals surface area contributed by atoms with Crippen LogP contribution in [0.25, 0.3) is 33.4 Å². The first-order valence-electron chi connectivity index (χ1n) is 15.8. The van der Waals surface area contributed by atoms with Gasteiger partial charge in [0, 0.05) is 22.5 Å². The van der Waals surface area contributed by atoms with Crippen molar-refractivity contribution in [3.63, 3.8) is 0 Å². The zero-order chi connectivity index (χ0) is 28.5. The van der Waals surface area contributed by atoms with Crippen LogP contribution in [0.2, 0.25) is 0 Å². The molecule has 5 aromatic carbocycles. The van der Waals surface area contributed by atoms with Crippen molar-refractivity contribution in [1.82, 2.24) is 0 Å². The molecule has 0 N–H and O–H groups in total. The monoisotopic (exact) mass is 560 g/mol. The fourth-order valence-corrected chi connectivity index (χ4v) is 9.03. The predicted molar refractivity (Wildman–Crippen MR) is 180 cm³/mol. The van der Waals surface area contributed by atoms with Gasteiger partial charge < -0.3 is 9.80 Å². The van der Waals surface area contributed by atoms with E-state index in [1.54, 1.807) is 0 Å². The molecule has 0 bridgehead atoms. The summed E-state index contributed by atoms with van der Waals surface area (Å²) in [5, 5.41) is 0. The zero-order valence-electron chi connectivity index (χ0n) is 24.2. The summed E-state index contributed by atoms with van der Waals surface area (Å²) in [5.74, 6) is 0. The molecule has 206 valence electrons. The van der Waals surface area contributed by atoms with Gasteiger partial charge in [-0.2, -0.15) is 0 Å². The largest absolute Gasteiger partial charge is 0.329 e. The van der Waals surface area contributed by atoms with E-state index in [-0.39, 0.29) is 12.1 Å². The molecule has 0 saturated carbocycles. The first-order valence-corrected chi connectivity index (χ1v) is 15.8. The summed E-state index contributed by atoms with van der Waals surface area (Å²) >= 11 is 0. The van der Waals surface area contributed by atoms with Crippen LogP contribution < -0.4 is 9.80 Å². The second-order valence-corrected chi connectivity index (χ2v) is 12.7. The molecular weight excluding hydrogens is 532 g/mol. The highest BCUT2D eigenvalue weighted by molar-refractivity contribution is 6.02.